The third-order valence-corrected chi connectivity index (χ3v) is 8.89. The number of benzene rings is 3. The van der Waals surface area contributed by atoms with Crippen molar-refractivity contribution in [1.29, 1.82) is 0 Å². The van der Waals surface area contributed by atoms with Crippen LogP contribution in [-0.4, -0.2) is 52.1 Å². The summed E-state index contributed by atoms with van der Waals surface area (Å²) < 4.78 is 29.5. The summed E-state index contributed by atoms with van der Waals surface area (Å²) in [4.78, 5) is 13.0. The maximum atomic E-state index is 13.1. The molecule has 0 saturated carbocycles. The Morgan fingerprint density at radius 1 is 0.944 bits per heavy atom. The second-order valence-electron chi connectivity index (χ2n) is 7.79. The van der Waals surface area contributed by atoms with Gasteiger partial charge in [0, 0.05) is 29.9 Å². The fourth-order valence-corrected chi connectivity index (χ4v) is 6.34. The fourth-order valence-electron chi connectivity index (χ4n) is 3.76. The van der Waals surface area contributed by atoms with Crippen LogP contribution in [0.4, 0.5) is 0 Å². The number of sulfonamides is 1. The predicted octanol–water partition coefficient (Wildman–Crippen LogP) is 5.59. The van der Waals surface area contributed by atoms with Crippen LogP contribution >= 0.6 is 23.4 Å². The van der Waals surface area contributed by atoms with Crippen LogP contribution in [0.25, 0.3) is 17.1 Å². The van der Waals surface area contributed by atoms with Gasteiger partial charge in [0.2, 0.25) is 10.0 Å². The molecule has 0 spiro atoms. The topological polar surface area (TPSA) is 85.2 Å². The summed E-state index contributed by atoms with van der Waals surface area (Å²) in [5.41, 5.74) is 1.85. The van der Waals surface area contributed by atoms with Crippen LogP contribution < -0.4 is 0 Å². The molecule has 0 N–H and O–H groups in total. The highest BCUT2D eigenvalue weighted by atomic mass is 35.5. The van der Waals surface area contributed by atoms with Gasteiger partial charge in [-0.15, -0.1) is 10.2 Å². The zero-order valence-electron chi connectivity index (χ0n) is 19.8. The van der Waals surface area contributed by atoms with E-state index < -0.39 is 10.0 Å². The van der Waals surface area contributed by atoms with Gasteiger partial charge in [0.25, 0.3) is 0 Å². The number of carbonyl (C=O) groups excluding carboxylic acids is 1. The number of thioether (sulfide) groups is 1. The van der Waals surface area contributed by atoms with E-state index >= 15 is 0 Å². The molecule has 7 nitrogen and oxygen atoms in total. The van der Waals surface area contributed by atoms with Gasteiger partial charge in [0.15, 0.2) is 16.8 Å². The summed E-state index contributed by atoms with van der Waals surface area (Å²) in [6, 6.07) is 23.1. The number of halogens is 1. The van der Waals surface area contributed by atoms with Crippen LogP contribution in [0.1, 0.15) is 24.2 Å². The average Bonchev–Trinajstić information content (AvgIpc) is 3.33. The van der Waals surface area contributed by atoms with Crippen molar-refractivity contribution in [2.75, 3.05) is 18.8 Å². The molecule has 0 amide bonds. The largest absolute Gasteiger partial charge is 0.293 e. The highest BCUT2D eigenvalue weighted by Gasteiger charge is 2.24. The van der Waals surface area contributed by atoms with Gasteiger partial charge in [0.05, 0.1) is 15.7 Å². The summed E-state index contributed by atoms with van der Waals surface area (Å²) >= 11 is 7.44. The Balaban J connectivity index is 1.73. The Morgan fingerprint density at radius 3 is 2.33 bits per heavy atom. The van der Waals surface area contributed by atoms with Crippen molar-refractivity contribution in [3.05, 3.63) is 89.4 Å². The number of para-hydroxylation sites is 1. The van der Waals surface area contributed by atoms with Gasteiger partial charge >= 0.3 is 0 Å². The Morgan fingerprint density at radius 2 is 1.64 bits per heavy atom. The maximum absolute atomic E-state index is 13.1. The van der Waals surface area contributed by atoms with E-state index in [1.54, 1.807) is 48.5 Å². The van der Waals surface area contributed by atoms with Crippen molar-refractivity contribution in [2.45, 2.75) is 23.9 Å². The molecule has 0 aliphatic carbocycles. The van der Waals surface area contributed by atoms with Gasteiger partial charge in [-0.1, -0.05) is 79.7 Å². The minimum atomic E-state index is -3.65. The molecule has 0 bridgehead atoms. The van der Waals surface area contributed by atoms with Crippen LogP contribution in [0.15, 0.2) is 88.9 Å². The van der Waals surface area contributed by atoms with E-state index in [1.165, 1.54) is 16.1 Å². The molecule has 36 heavy (non-hydrogen) atoms. The molecule has 0 saturated heterocycles. The molecule has 1 aromatic heterocycles. The Bertz CT molecular complexity index is 1470. The zero-order chi connectivity index (χ0) is 25.7. The molecule has 0 radical (unpaired) electrons. The van der Waals surface area contributed by atoms with Crippen LogP contribution in [0, 0.1) is 0 Å². The highest BCUT2D eigenvalue weighted by molar-refractivity contribution is 7.99. The molecule has 3 aromatic carbocycles. The molecule has 186 valence electrons. The van der Waals surface area contributed by atoms with E-state index in [0.29, 0.717) is 40.2 Å². The van der Waals surface area contributed by atoms with Crippen molar-refractivity contribution in [3.63, 3.8) is 0 Å². The Hall–Kier alpha value is -2.98. The van der Waals surface area contributed by atoms with Crippen molar-refractivity contribution in [1.82, 2.24) is 19.1 Å². The smallest absolute Gasteiger partial charge is 0.243 e. The van der Waals surface area contributed by atoms with Crippen LogP contribution in [0.5, 0.6) is 0 Å². The molecule has 10 heteroatoms. The Labute approximate surface area is 220 Å². The number of hydrogen-bond acceptors (Lipinski definition) is 6. The molecule has 0 aliphatic heterocycles. The molecule has 4 rings (SSSR count). The molecule has 0 fully saturated rings. The molecular formula is C26H25ClN4O3S2. The molecule has 0 aliphatic rings. The van der Waals surface area contributed by atoms with Gasteiger partial charge in [-0.25, -0.2) is 8.42 Å². The predicted molar refractivity (Wildman–Crippen MR) is 143 cm³/mol. The number of nitrogens with zero attached hydrogens (tertiary/aromatic N) is 4. The monoisotopic (exact) mass is 540 g/mol. The highest BCUT2D eigenvalue weighted by Crippen LogP contribution is 2.30. The third-order valence-electron chi connectivity index (χ3n) is 5.59. The van der Waals surface area contributed by atoms with Crippen LogP contribution in [-0.2, 0) is 10.0 Å². The van der Waals surface area contributed by atoms with Crippen molar-refractivity contribution in [3.8, 4) is 17.1 Å². The van der Waals surface area contributed by atoms with Gasteiger partial charge in [-0.2, -0.15) is 4.31 Å². The van der Waals surface area contributed by atoms with Crippen LogP contribution in [0.3, 0.4) is 0 Å². The number of ketones is 1. The summed E-state index contributed by atoms with van der Waals surface area (Å²) in [5.74, 6) is 0.470. The lowest BCUT2D eigenvalue weighted by Crippen LogP contribution is -2.30. The number of aromatic nitrogens is 3. The Kier molecular flexibility index (Phi) is 8.25. The first kappa shape index (κ1) is 26.1. The normalized spacial score (nSPS) is 11.7. The van der Waals surface area contributed by atoms with Crippen molar-refractivity contribution < 1.29 is 13.2 Å². The number of Topliss-reactive ketones (excluding diaryl/α,β-unsaturated/α-hetero) is 1. The number of carbonyl (C=O) groups is 1. The summed E-state index contributed by atoms with van der Waals surface area (Å²) in [6.45, 7) is 4.38. The van der Waals surface area contributed by atoms with E-state index in [4.69, 9.17) is 11.6 Å². The van der Waals surface area contributed by atoms with Crippen molar-refractivity contribution >= 4 is 39.2 Å². The summed E-state index contributed by atoms with van der Waals surface area (Å²) in [6.07, 6.45) is 0. The van der Waals surface area contributed by atoms with E-state index in [0.717, 1.165) is 5.69 Å². The molecule has 1 heterocycles. The first-order chi connectivity index (χ1) is 17.4. The summed E-state index contributed by atoms with van der Waals surface area (Å²) in [5, 5.41) is 9.64. The van der Waals surface area contributed by atoms with Gasteiger partial charge in [-0.3, -0.25) is 9.36 Å². The third kappa shape index (κ3) is 5.39. The minimum Gasteiger partial charge on any atom is -0.293 e. The average molecular weight is 541 g/mol. The summed E-state index contributed by atoms with van der Waals surface area (Å²) in [7, 11) is -3.65. The first-order valence-corrected chi connectivity index (χ1v) is 14.2. The van der Waals surface area contributed by atoms with E-state index in [9.17, 15) is 13.2 Å². The first-order valence-electron chi connectivity index (χ1n) is 11.4. The lowest BCUT2D eigenvalue weighted by Gasteiger charge is -2.19. The minimum absolute atomic E-state index is 0.116. The zero-order valence-corrected chi connectivity index (χ0v) is 22.2. The van der Waals surface area contributed by atoms with Gasteiger partial charge in [-0.05, 0) is 36.4 Å². The second kappa shape index (κ2) is 11.4. The second-order valence-corrected chi connectivity index (χ2v) is 11.1. The molecule has 4 aromatic rings. The number of hydrogen-bond donors (Lipinski definition) is 0. The maximum Gasteiger partial charge on any atom is 0.243 e. The lowest BCUT2D eigenvalue weighted by molar-refractivity contribution is 0.102. The molecular weight excluding hydrogens is 516 g/mol. The lowest BCUT2D eigenvalue weighted by atomic mass is 10.1. The van der Waals surface area contributed by atoms with Crippen LogP contribution in [0.2, 0.25) is 5.02 Å². The molecule has 0 atom stereocenters. The van der Waals surface area contributed by atoms with E-state index in [-0.39, 0.29) is 16.4 Å². The fraction of sp³-hybridized carbons (Fsp3) is 0.192. The van der Waals surface area contributed by atoms with Gasteiger partial charge in [0.1, 0.15) is 0 Å². The van der Waals surface area contributed by atoms with Crippen molar-refractivity contribution in [2.24, 2.45) is 0 Å². The molecule has 0 unspecified atom stereocenters. The number of rotatable bonds is 10. The van der Waals surface area contributed by atoms with E-state index in [1.807, 2.05) is 48.7 Å². The van der Waals surface area contributed by atoms with E-state index in [2.05, 4.69) is 10.2 Å². The SMILES string of the molecule is CCN(CC)S(=O)(=O)c1cccc(-c2nnc(SCC(=O)c3ccccc3Cl)n2-c2ccccc2)c1. The standard InChI is InChI=1S/C26H25ClN4O3S2/c1-3-30(4-2)36(33,34)21-14-10-11-19(17-21)25-28-29-26(31(25)20-12-6-5-7-13-20)35-18-24(32)22-15-8-9-16-23(22)27/h5-17H,3-4,18H2,1-2H3. The quantitative estimate of drug-likeness (QED) is 0.192. The van der Waals surface area contributed by atoms with Gasteiger partial charge < -0.3 is 0 Å².